The summed E-state index contributed by atoms with van der Waals surface area (Å²) in [6.07, 6.45) is 3.88. The van der Waals surface area contributed by atoms with E-state index in [1.54, 1.807) is 0 Å². The van der Waals surface area contributed by atoms with Crippen molar-refractivity contribution in [1.82, 2.24) is 9.78 Å². The summed E-state index contributed by atoms with van der Waals surface area (Å²) >= 11 is 0. The van der Waals surface area contributed by atoms with E-state index >= 15 is 0 Å². The van der Waals surface area contributed by atoms with Gasteiger partial charge in [-0.05, 0) is 36.1 Å². The number of benzene rings is 2. The Morgan fingerprint density at radius 3 is 2.36 bits per heavy atom. The van der Waals surface area contributed by atoms with Gasteiger partial charge in [-0.1, -0.05) is 59.8 Å². The van der Waals surface area contributed by atoms with E-state index in [0.29, 0.717) is 0 Å². The second-order valence-corrected chi connectivity index (χ2v) is 6.59. The average molecular weight is 331 g/mol. The lowest BCUT2D eigenvalue weighted by molar-refractivity contribution is 0.0565. The molecule has 2 aromatic carbocycles. The van der Waals surface area contributed by atoms with Crippen molar-refractivity contribution < 1.29 is 4.84 Å². The van der Waals surface area contributed by atoms with Crippen LogP contribution in [0, 0.1) is 12.8 Å². The highest BCUT2D eigenvalue weighted by Gasteiger charge is 2.33. The molecule has 2 unspecified atom stereocenters. The molecule has 0 N–H and O–H groups in total. The van der Waals surface area contributed by atoms with E-state index in [2.05, 4.69) is 71.9 Å². The van der Waals surface area contributed by atoms with Gasteiger partial charge in [0.2, 0.25) is 0 Å². The van der Waals surface area contributed by atoms with Crippen LogP contribution in [0.4, 0.5) is 0 Å². The maximum absolute atomic E-state index is 5.74. The minimum absolute atomic E-state index is 0.0608. The predicted octanol–water partition coefficient (Wildman–Crippen LogP) is 4.62. The van der Waals surface area contributed by atoms with Crippen molar-refractivity contribution in [3.63, 3.8) is 0 Å². The standard InChI is InChI=1S/C21H21N3O/c1-15-12-22-24(13-15)14-20-16(2)23-25-21(20)19-10-8-18(9-11-19)17-6-4-3-5-7-17/h3-13,20-21H,14H2,1-2H3. The Labute approximate surface area is 147 Å². The third-order valence-corrected chi connectivity index (χ3v) is 4.70. The number of rotatable bonds is 4. The van der Waals surface area contributed by atoms with Crippen LogP contribution in [0.25, 0.3) is 11.1 Å². The first-order chi connectivity index (χ1) is 12.2. The lowest BCUT2D eigenvalue weighted by atomic mass is 9.91. The molecule has 0 saturated carbocycles. The number of aromatic nitrogens is 2. The van der Waals surface area contributed by atoms with Gasteiger partial charge >= 0.3 is 0 Å². The van der Waals surface area contributed by atoms with E-state index in [4.69, 9.17) is 4.84 Å². The Morgan fingerprint density at radius 1 is 0.960 bits per heavy atom. The first-order valence-corrected chi connectivity index (χ1v) is 8.55. The van der Waals surface area contributed by atoms with Gasteiger partial charge in [0.05, 0.1) is 24.4 Å². The Hall–Kier alpha value is -2.88. The molecule has 2 atom stereocenters. The second-order valence-electron chi connectivity index (χ2n) is 6.59. The Morgan fingerprint density at radius 2 is 1.68 bits per heavy atom. The number of hydrogen-bond donors (Lipinski definition) is 0. The predicted molar refractivity (Wildman–Crippen MR) is 99.3 cm³/mol. The second kappa shape index (κ2) is 6.55. The van der Waals surface area contributed by atoms with E-state index in [-0.39, 0.29) is 12.0 Å². The summed E-state index contributed by atoms with van der Waals surface area (Å²) in [5, 5.41) is 8.64. The van der Waals surface area contributed by atoms with Crippen molar-refractivity contribution in [2.24, 2.45) is 11.1 Å². The van der Waals surface area contributed by atoms with Crippen LogP contribution in [-0.4, -0.2) is 15.5 Å². The Balaban J connectivity index is 1.56. The van der Waals surface area contributed by atoms with E-state index in [1.165, 1.54) is 11.1 Å². The van der Waals surface area contributed by atoms with Crippen molar-refractivity contribution in [3.05, 3.63) is 78.1 Å². The van der Waals surface area contributed by atoms with Crippen molar-refractivity contribution in [3.8, 4) is 11.1 Å². The first kappa shape index (κ1) is 15.6. The van der Waals surface area contributed by atoms with Gasteiger partial charge in [-0.15, -0.1) is 0 Å². The minimum Gasteiger partial charge on any atom is -0.387 e. The zero-order valence-electron chi connectivity index (χ0n) is 14.5. The molecule has 0 amide bonds. The molecule has 0 radical (unpaired) electrons. The largest absolute Gasteiger partial charge is 0.387 e. The molecule has 25 heavy (non-hydrogen) atoms. The molecule has 1 aliphatic heterocycles. The molecular formula is C21H21N3O. The number of oxime groups is 1. The average Bonchev–Trinajstić information content (AvgIpc) is 3.22. The fourth-order valence-corrected chi connectivity index (χ4v) is 3.29. The third-order valence-electron chi connectivity index (χ3n) is 4.70. The van der Waals surface area contributed by atoms with Crippen LogP contribution >= 0.6 is 0 Å². The van der Waals surface area contributed by atoms with E-state index < -0.39 is 0 Å². The first-order valence-electron chi connectivity index (χ1n) is 8.55. The summed E-state index contributed by atoms with van der Waals surface area (Å²) < 4.78 is 1.97. The molecule has 126 valence electrons. The van der Waals surface area contributed by atoms with Crippen molar-refractivity contribution in [2.75, 3.05) is 0 Å². The highest BCUT2D eigenvalue weighted by Crippen LogP contribution is 2.34. The van der Waals surface area contributed by atoms with E-state index in [1.807, 2.05) is 23.9 Å². The van der Waals surface area contributed by atoms with Crippen LogP contribution < -0.4 is 0 Å². The van der Waals surface area contributed by atoms with Crippen LogP contribution in [0.2, 0.25) is 0 Å². The molecule has 0 bridgehead atoms. The number of hydrogen-bond acceptors (Lipinski definition) is 3. The fourth-order valence-electron chi connectivity index (χ4n) is 3.29. The summed E-state index contributed by atoms with van der Waals surface area (Å²) in [6.45, 7) is 4.85. The fraction of sp³-hybridized carbons (Fsp3) is 0.238. The number of aryl methyl sites for hydroxylation is 1. The zero-order chi connectivity index (χ0) is 17.2. The molecule has 0 aliphatic carbocycles. The molecule has 0 saturated heterocycles. The van der Waals surface area contributed by atoms with E-state index in [0.717, 1.165) is 23.4 Å². The summed E-state index contributed by atoms with van der Waals surface area (Å²) in [6, 6.07) is 19.0. The van der Waals surface area contributed by atoms with Crippen LogP contribution in [0.15, 0.2) is 72.1 Å². The van der Waals surface area contributed by atoms with E-state index in [9.17, 15) is 0 Å². The molecule has 4 nitrogen and oxygen atoms in total. The number of nitrogens with zero attached hydrogens (tertiary/aromatic N) is 3. The molecule has 0 spiro atoms. The smallest absolute Gasteiger partial charge is 0.162 e. The maximum atomic E-state index is 5.74. The Bertz CT molecular complexity index is 881. The molecule has 3 aromatic rings. The van der Waals surface area contributed by atoms with Gasteiger partial charge in [0, 0.05) is 6.20 Å². The topological polar surface area (TPSA) is 39.4 Å². The summed E-state index contributed by atoms with van der Waals surface area (Å²) in [5.41, 5.74) is 5.76. The lowest BCUT2D eigenvalue weighted by Gasteiger charge is -2.18. The van der Waals surface area contributed by atoms with Crippen molar-refractivity contribution >= 4 is 5.71 Å². The summed E-state index contributed by atoms with van der Waals surface area (Å²) in [4.78, 5) is 5.74. The maximum Gasteiger partial charge on any atom is 0.162 e. The van der Waals surface area contributed by atoms with Gasteiger partial charge in [-0.3, -0.25) is 4.68 Å². The van der Waals surface area contributed by atoms with Gasteiger partial charge in [0.15, 0.2) is 6.10 Å². The van der Waals surface area contributed by atoms with Gasteiger partial charge in [-0.2, -0.15) is 5.10 Å². The highest BCUT2D eigenvalue weighted by atomic mass is 16.6. The van der Waals surface area contributed by atoms with Crippen molar-refractivity contribution in [2.45, 2.75) is 26.5 Å². The summed E-state index contributed by atoms with van der Waals surface area (Å²) in [5.74, 6) is 0.196. The van der Waals surface area contributed by atoms with Crippen molar-refractivity contribution in [1.29, 1.82) is 0 Å². The molecular weight excluding hydrogens is 310 g/mol. The third kappa shape index (κ3) is 3.20. The molecule has 4 heteroatoms. The molecule has 1 aromatic heterocycles. The van der Waals surface area contributed by atoms with Gasteiger partial charge in [0.25, 0.3) is 0 Å². The molecule has 1 aliphatic rings. The highest BCUT2D eigenvalue weighted by molar-refractivity contribution is 5.85. The molecule has 0 fully saturated rings. The molecule has 2 heterocycles. The van der Waals surface area contributed by atoms with Gasteiger partial charge in [0.1, 0.15) is 0 Å². The Kier molecular flexibility index (Phi) is 4.10. The normalized spacial score (nSPS) is 19.5. The quantitative estimate of drug-likeness (QED) is 0.699. The van der Waals surface area contributed by atoms with Gasteiger partial charge < -0.3 is 4.84 Å². The SMILES string of the molecule is CC1=NOC(c2ccc(-c3ccccc3)cc2)C1Cn1cc(C)cn1. The monoisotopic (exact) mass is 331 g/mol. The zero-order valence-corrected chi connectivity index (χ0v) is 14.5. The van der Waals surface area contributed by atoms with Crippen LogP contribution in [0.3, 0.4) is 0 Å². The van der Waals surface area contributed by atoms with Crippen LogP contribution in [-0.2, 0) is 11.4 Å². The van der Waals surface area contributed by atoms with Crippen LogP contribution in [0.1, 0.15) is 24.2 Å². The summed E-state index contributed by atoms with van der Waals surface area (Å²) in [7, 11) is 0. The molecule has 4 rings (SSSR count). The van der Waals surface area contributed by atoms with Crippen LogP contribution in [0.5, 0.6) is 0 Å². The van der Waals surface area contributed by atoms with Gasteiger partial charge in [-0.25, -0.2) is 0 Å². The minimum atomic E-state index is -0.0608. The lowest BCUT2D eigenvalue weighted by Crippen LogP contribution is -2.21.